The molecule has 2 heterocycles. The Balaban J connectivity index is 1.60. The lowest BCUT2D eigenvalue weighted by Gasteiger charge is -2.10. The number of benzene rings is 2. The van der Waals surface area contributed by atoms with Crippen molar-refractivity contribution < 1.29 is 4.74 Å². The second-order valence-corrected chi connectivity index (χ2v) is 7.60. The molecule has 0 aliphatic heterocycles. The molecule has 6 heteroatoms. The van der Waals surface area contributed by atoms with E-state index >= 15 is 0 Å². The minimum absolute atomic E-state index is 0.152. The van der Waals surface area contributed by atoms with E-state index in [4.69, 9.17) is 9.84 Å². The van der Waals surface area contributed by atoms with Gasteiger partial charge in [0.1, 0.15) is 5.75 Å². The van der Waals surface area contributed by atoms with Crippen LogP contribution in [0.25, 0.3) is 16.9 Å². The molecule has 0 fully saturated rings. The maximum atomic E-state index is 5.78. The van der Waals surface area contributed by atoms with Crippen molar-refractivity contribution in [2.24, 2.45) is 0 Å². The van der Waals surface area contributed by atoms with Crippen LogP contribution in [0.4, 0.5) is 0 Å². The third kappa shape index (κ3) is 4.60. The summed E-state index contributed by atoms with van der Waals surface area (Å²) in [5.74, 6) is 0.867. The average molecular weight is 402 g/mol. The summed E-state index contributed by atoms with van der Waals surface area (Å²) in [5.41, 5.74) is 6.46. The first-order valence-electron chi connectivity index (χ1n) is 10.2. The number of para-hydroxylation sites is 1. The summed E-state index contributed by atoms with van der Waals surface area (Å²) < 4.78 is 7.72. The zero-order valence-corrected chi connectivity index (χ0v) is 17.6. The number of hydrogen-bond acceptors (Lipinski definition) is 4. The van der Waals surface area contributed by atoms with Crippen LogP contribution < -0.4 is 10.1 Å². The van der Waals surface area contributed by atoms with Crippen LogP contribution in [0.5, 0.6) is 5.75 Å². The first-order chi connectivity index (χ1) is 14.6. The van der Waals surface area contributed by atoms with E-state index in [0.717, 1.165) is 40.5 Å². The third-order valence-electron chi connectivity index (χ3n) is 4.88. The lowest BCUT2D eigenvalue weighted by atomic mass is 10.1. The quantitative estimate of drug-likeness (QED) is 0.451. The van der Waals surface area contributed by atoms with Crippen molar-refractivity contribution in [2.45, 2.75) is 40.0 Å². The van der Waals surface area contributed by atoms with Gasteiger partial charge in [0.2, 0.25) is 0 Å². The van der Waals surface area contributed by atoms with E-state index in [1.54, 1.807) is 0 Å². The number of aromatic amines is 1. The number of aromatic nitrogens is 4. The van der Waals surface area contributed by atoms with Crippen molar-refractivity contribution >= 4 is 0 Å². The highest BCUT2D eigenvalue weighted by Gasteiger charge is 2.13. The van der Waals surface area contributed by atoms with Crippen LogP contribution in [-0.4, -0.2) is 26.1 Å². The van der Waals surface area contributed by atoms with Gasteiger partial charge in [0.05, 0.1) is 23.7 Å². The standard InChI is InChI=1S/C24H27N5O/c1-17(2)30-23-11-9-19(10-12-23)24-21(14-25-13-20-15-26-27-18(20)3)16-29(28-24)22-7-5-4-6-8-22/h4-12,15-17,25H,13-14H2,1-3H3,(H,26,27). The van der Waals surface area contributed by atoms with Gasteiger partial charge in [-0.05, 0) is 57.2 Å². The molecule has 6 nitrogen and oxygen atoms in total. The van der Waals surface area contributed by atoms with Gasteiger partial charge >= 0.3 is 0 Å². The van der Waals surface area contributed by atoms with Crippen LogP contribution in [0.1, 0.15) is 30.7 Å². The fourth-order valence-electron chi connectivity index (χ4n) is 3.34. The number of ether oxygens (including phenoxy) is 1. The first-order valence-corrected chi connectivity index (χ1v) is 10.2. The highest BCUT2D eigenvalue weighted by molar-refractivity contribution is 5.64. The molecule has 0 radical (unpaired) electrons. The third-order valence-corrected chi connectivity index (χ3v) is 4.88. The topological polar surface area (TPSA) is 67.8 Å². The van der Waals surface area contributed by atoms with Gasteiger partial charge in [0.15, 0.2) is 0 Å². The van der Waals surface area contributed by atoms with E-state index in [1.165, 1.54) is 5.56 Å². The molecule has 0 aliphatic rings. The van der Waals surface area contributed by atoms with E-state index in [-0.39, 0.29) is 6.10 Å². The Hall–Kier alpha value is -3.38. The van der Waals surface area contributed by atoms with Gasteiger partial charge in [-0.3, -0.25) is 5.10 Å². The molecule has 0 saturated carbocycles. The van der Waals surface area contributed by atoms with Crippen LogP contribution in [0.3, 0.4) is 0 Å². The van der Waals surface area contributed by atoms with Gasteiger partial charge in [-0.25, -0.2) is 4.68 Å². The molecule has 0 saturated heterocycles. The lowest BCUT2D eigenvalue weighted by Crippen LogP contribution is -2.13. The van der Waals surface area contributed by atoms with E-state index in [2.05, 4.69) is 46.0 Å². The Morgan fingerprint density at radius 2 is 1.73 bits per heavy atom. The summed E-state index contributed by atoms with van der Waals surface area (Å²) in [6.45, 7) is 7.54. The number of rotatable bonds is 8. The Kier molecular flexibility index (Phi) is 5.95. The van der Waals surface area contributed by atoms with Crippen molar-refractivity contribution in [2.75, 3.05) is 0 Å². The van der Waals surface area contributed by atoms with Crippen LogP contribution in [-0.2, 0) is 13.1 Å². The summed E-state index contributed by atoms with van der Waals surface area (Å²) in [7, 11) is 0. The van der Waals surface area contributed by atoms with Gasteiger partial charge < -0.3 is 10.1 Å². The zero-order chi connectivity index (χ0) is 20.9. The molecule has 4 aromatic rings. The van der Waals surface area contributed by atoms with E-state index in [0.29, 0.717) is 6.54 Å². The molecule has 0 bridgehead atoms. The molecular weight excluding hydrogens is 374 g/mol. The molecule has 0 unspecified atom stereocenters. The fraction of sp³-hybridized carbons (Fsp3) is 0.250. The highest BCUT2D eigenvalue weighted by Crippen LogP contribution is 2.26. The van der Waals surface area contributed by atoms with Crippen molar-refractivity contribution in [1.82, 2.24) is 25.3 Å². The maximum Gasteiger partial charge on any atom is 0.119 e. The zero-order valence-electron chi connectivity index (χ0n) is 17.6. The minimum atomic E-state index is 0.152. The molecule has 30 heavy (non-hydrogen) atoms. The Labute approximate surface area is 176 Å². The Morgan fingerprint density at radius 1 is 1.00 bits per heavy atom. The normalized spacial score (nSPS) is 11.2. The number of aryl methyl sites for hydroxylation is 1. The number of nitrogens with zero attached hydrogens (tertiary/aromatic N) is 3. The second-order valence-electron chi connectivity index (χ2n) is 7.60. The summed E-state index contributed by atoms with van der Waals surface area (Å²) >= 11 is 0. The monoisotopic (exact) mass is 401 g/mol. The molecule has 0 aliphatic carbocycles. The first kappa shape index (κ1) is 19.9. The molecule has 154 valence electrons. The smallest absolute Gasteiger partial charge is 0.119 e. The van der Waals surface area contributed by atoms with Crippen molar-refractivity contribution in [3.63, 3.8) is 0 Å². The molecule has 2 N–H and O–H groups in total. The van der Waals surface area contributed by atoms with Crippen LogP contribution >= 0.6 is 0 Å². The van der Waals surface area contributed by atoms with Gasteiger partial charge in [-0.2, -0.15) is 10.2 Å². The summed E-state index contributed by atoms with van der Waals surface area (Å²) in [4.78, 5) is 0. The predicted octanol–water partition coefficient (Wildman–Crippen LogP) is 4.65. The summed E-state index contributed by atoms with van der Waals surface area (Å²) in [6, 6.07) is 18.3. The number of H-pyrrole nitrogens is 1. The number of hydrogen-bond donors (Lipinski definition) is 2. The molecule has 0 amide bonds. The van der Waals surface area contributed by atoms with Crippen LogP contribution in [0.15, 0.2) is 67.0 Å². The maximum absolute atomic E-state index is 5.78. The van der Waals surface area contributed by atoms with Crippen molar-refractivity contribution in [1.29, 1.82) is 0 Å². The van der Waals surface area contributed by atoms with Gasteiger partial charge in [0, 0.05) is 41.7 Å². The van der Waals surface area contributed by atoms with Crippen molar-refractivity contribution in [3.05, 3.63) is 83.8 Å². The fourth-order valence-corrected chi connectivity index (χ4v) is 3.34. The second kappa shape index (κ2) is 8.97. The predicted molar refractivity (Wildman–Crippen MR) is 119 cm³/mol. The van der Waals surface area contributed by atoms with Crippen molar-refractivity contribution in [3.8, 4) is 22.7 Å². The minimum Gasteiger partial charge on any atom is -0.491 e. The van der Waals surface area contributed by atoms with Gasteiger partial charge in [-0.1, -0.05) is 18.2 Å². The van der Waals surface area contributed by atoms with Gasteiger partial charge in [0.25, 0.3) is 0 Å². The van der Waals surface area contributed by atoms with E-state index < -0.39 is 0 Å². The number of nitrogens with one attached hydrogen (secondary N) is 2. The molecule has 4 rings (SSSR count). The van der Waals surface area contributed by atoms with E-state index in [1.807, 2.05) is 62.0 Å². The molecule has 0 atom stereocenters. The molecule has 2 aromatic heterocycles. The average Bonchev–Trinajstić information content (AvgIpc) is 3.35. The Morgan fingerprint density at radius 3 is 2.40 bits per heavy atom. The van der Waals surface area contributed by atoms with Gasteiger partial charge in [-0.15, -0.1) is 0 Å². The summed E-state index contributed by atoms with van der Waals surface area (Å²) in [6.07, 6.45) is 4.11. The molecular formula is C24H27N5O. The van der Waals surface area contributed by atoms with E-state index in [9.17, 15) is 0 Å². The van der Waals surface area contributed by atoms with Crippen LogP contribution in [0.2, 0.25) is 0 Å². The molecule has 0 spiro atoms. The summed E-state index contributed by atoms with van der Waals surface area (Å²) in [5, 5.41) is 15.5. The Bertz CT molecular complexity index is 1080. The largest absolute Gasteiger partial charge is 0.491 e. The van der Waals surface area contributed by atoms with Crippen LogP contribution in [0, 0.1) is 6.92 Å². The lowest BCUT2D eigenvalue weighted by molar-refractivity contribution is 0.242. The molecule has 2 aromatic carbocycles. The highest BCUT2D eigenvalue weighted by atomic mass is 16.5. The SMILES string of the molecule is Cc1[nH]ncc1CNCc1cn(-c2ccccc2)nc1-c1ccc(OC(C)C)cc1.